The van der Waals surface area contributed by atoms with Crippen LogP contribution < -0.4 is 5.32 Å². The number of benzene rings is 1. The van der Waals surface area contributed by atoms with E-state index in [1.807, 2.05) is 19.1 Å². The van der Waals surface area contributed by atoms with E-state index in [9.17, 15) is 4.79 Å². The molecule has 0 aliphatic heterocycles. The molecule has 0 fully saturated rings. The second kappa shape index (κ2) is 8.14. The minimum absolute atomic E-state index is 0.0497. The number of carbonyl (C=O) groups excluding carboxylic acids is 1. The maximum atomic E-state index is 12.3. The standard InChI is InChI=1S/C19H24N4O3/c1-13-12-15-6-4-5-7-16(15)23(13)10-8-18(24)20-14(2)19-21-17(22-26-19)9-11-25-3/h4-7,12,14H,8-11H2,1-3H3,(H,20,24)/t14-/m1/s1. The molecule has 0 aliphatic carbocycles. The van der Waals surface area contributed by atoms with Gasteiger partial charge in [-0.25, -0.2) is 0 Å². The maximum Gasteiger partial charge on any atom is 0.248 e. The summed E-state index contributed by atoms with van der Waals surface area (Å²) in [5.41, 5.74) is 2.29. The summed E-state index contributed by atoms with van der Waals surface area (Å²) in [6, 6.07) is 9.99. The minimum atomic E-state index is -0.325. The first-order valence-corrected chi connectivity index (χ1v) is 8.74. The number of nitrogens with zero attached hydrogens (tertiary/aromatic N) is 3. The van der Waals surface area contributed by atoms with E-state index in [0.29, 0.717) is 37.7 Å². The van der Waals surface area contributed by atoms with E-state index >= 15 is 0 Å². The molecular formula is C19H24N4O3. The number of fused-ring (bicyclic) bond motifs is 1. The highest BCUT2D eigenvalue weighted by Crippen LogP contribution is 2.19. The van der Waals surface area contributed by atoms with Crippen LogP contribution in [0, 0.1) is 6.92 Å². The fourth-order valence-corrected chi connectivity index (χ4v) is 2.97. The number of hydrogen-bond acceptors (Lipinski definition) is 5. The van der Waals surface area contributed by atoms with E-state index in [4.69, 9.17) is 9.26 Å². The molecule has 0 saturated carbocycles. The Morgan fingerprint density at radius 3 is 3.00 bits per heavy atom. The Hall–Kier alpha value is -2.67. The summed E-state index contributed by atoms with van der Waals surface area (Å²) < 4.78 is 12.4. The molecule has 1 aromatic carbocycles. The Kier molecular flexibility index (Phi) is 5.68. The van der Waals surface area contributed by atoms with Crippen LogP contribution in [0.5, 0.6) is 0 Å². The van der Waals surface area contributed by atoms with Gasteiger partial charge in [0, 0.05) is 37.7 Å². The summed E-state index contributed by atoms with van der Waals surface area (Å²) in [7, 11) is 1.62. The fourth-order valence-electron chi connectivity index (χ4n) is 2.97. The van der Waals surface area contributed by atoms with Gasteiger partial charge in [-0.3, -0.25) is 4.79 Å². The molecule has 3 rings (SSSR count). The van der Waals surface area contributed by atoms with E-state index < -0.39 is 0 Å². The molecule has 2 aromatic heterocycles. The molecule has 0 bridgehead atoms. The molecule has 1 amide bonds. The van der Waals surface area contributed by atoms with Gasteiger partial charge < -0.3 is 19.1 Å². The fraction of sp³-hybridized carbons (Fsp3) is 0.421. The normalized spacial score (nSPS) is 12.4. The Morgan fingerprint density at radius 1 is 1.38 bits per heavy atom. The van der Waals surface area contributed by atoms with Crippen molar-refractivity contribution < 1.29 is 14.1 Å². The van der Waals surface area contributed by atoms with Gasteiger partial charge in [-0.15, -0.1) is 0 Å². The van der Waals surface area contributed by atoms with Crippen molar-refractivity contribution in [3.8, 4) is 0 Å². The third-order valence-corrected chi connectivity index (χ3v) is 4.34. The van der Waals surface area contributed by atoms with E-state index in [1.54, 1.807) is 7.11 Å². The first-order chi connectivity index (χ1) is 12.6. The lowest BCUT2D eigenvalue weighted by molar-refractivity contribution is -0.122. The van der Waals surface area contributed by atoms with E-state index in [1.165, 1.54) is 5.39 Å². The van der Waals surface area contributed by atoms with Gasteiger partial charge in [-0.05, 0) is 31.4 Å². The van der Waals surface area contributed by atoms with Crippen LogP contribution in [0.1, 0.15) is 36.8 Å². The molecule has 0 saturated heterocycles. The zero-order valence-electron chi connectivity index (χ0n) is 15.4. The van der Waals surface area contributed by atoms with Gasteiger partial charge in [0.05, 0.1) is 6.61 Å². The Morgan fingerprint density at radius 2 is 2.19 bits per heavy atom. The van der Waals surface area contributed by atoms with Gasteiger partial charge in [-0.1, -0.05) is 23.4 Å². The summed E-state index contributed by atoms with van der Waals surface area (Å²) >= 11 is 0. The van der Waals surface area contributed by atoms with Gasteiger partial charge in [0.1, 0.15) is 6.04 Å². The lowest BCUT2D eigenvalue weighted by Gasteiger charge is -2.11. The number of ether oxygens (including phenoxy) is 1. The quantitative estimate of drug-likeness (QED) is 0.671. The highest BCUT2D eigenvalue weighted by atomic mass is 16.5. The van der Waals surface area contributed by atoms with Crippen molar-refractivity contribution in [3.05, 3.63) is 47.7 Å². The third kappa shape index (κ3) is 4.11. The highest BCUT2D eigenvalue weighted by Gasteiger charge is 2.17. The molecular weight excluding hydrogens is 332 g/mol. The second-order valence-corrected chi connectivity index (χ2v) is 6.33. The molecule has 3 aromatic rings. The van der Waals surface area contributed by atoms with Gasteiger partial charge >= 0.3 is 0 Å². The molecule has 26 heavy (non-hydrogen) atoms. The molecule has 0 aliphatic rings. The van der Waals surface area contributed by atoms with Gasteiger partial charge in [0.25, 0.3) is 0 Å². The molecule has 0 radical (unpaired) electrons. The number of para-hydroxylation sites is 1. The van der Waals surface area contributed by atoms with Crippen molar-refractivity contribution in [1.29, 1.82) is 0 Å². The molecule has 0 unspecified atom stereocenters. The number of amides is 1. The monoisotopic (exact) mass is 356 g/mol. The van der Waals surface area contributed by atoms with E-state index in [2.05, 4.69) is 45.1 Å². The molecule has 2 heterocycles. The van der Waals surface area contributed by atoms with Crippen LogP contribution in [0.15, 0.2) is 34.9 Å². The number of aromatic nitrogens is 3. The number of methoxy groups -OCH3 is 1. The summed E-state index contributed by atoms with van der Waals surface area (Å²) in [6.07, 6.45) is 0.967. The number of nitrogens with one attached hydrogen (secondary N) is 1. The average molecular weight is 356 g/mol. The molecule has 0 spiro atoms. The molecule has 138 valence electrons. The van der Waals surface area contributed by atoms with Crippen molar-refractivity contribution in [2.45, 2.75) is 39.3 Å². The minimum Gasteiger partial charge on any atom is -0.384 e. The number of hydrogen-bond donors (Lipinski definition) is 1. The first-order valence-electron chi connectivity index (χ1n) is 8.74. The predicted molar refractivity (Wildman–Crippen MR) is 97.7 cm³/mol. The smallest absolute Gasteiger partial charge is 0.248 e. The van der Waals surface area contributed by atoms with Gasteiger partial charge in [0.15, 0.2) is 5.82 Å². The van der Waals surface area contributed by atoms with Crippen molar-refractivity contribution in [3.63, 3.8) is 0 Å². The van der Waals surface area contributed by atoms with Crippen LogP contribution in [-0.4, -0.2) is 34.3 Å². The van der Waals surface area contributed by atoms with Crippen molar-refractivity contribution in [2.75, 3.05) is 13.7 Å². The average Bonchev–Trinajstić information content (AvgIpc) is 3.22. The summed E-state index contributed by atoms with van der Waals surface area (Å²) in [5, 5.41) is 8.00. The van der Waals surface area contributed by atoms with Crippen LogP contribution >= 0.6 is 0 Å². The van der Waals surface area contributed by atoms with Crippen LogP contribution in [-0.2, 0) is 22.5 Å². The van der Waals surface area contributed by atoms with Crippen LogP contribution in [0.25, 0.3) is 10.9 Å². The summed E-state index contributed by atoms with van der Waals surface area (Å²) in [5.74, 6) is 0.941. The topological polar surface area (TPSA) is 82.2 Å². The van der Waals surface area contributed by atoms with Gasteiger partial charge in [-0.2, -0.15) is 4.98 Å². The number of aryl methyl sites for hydroxylation is 2. The zero-order valence-corrected chi connectivity index (χ0v) is 15.4. The molecule has 7 nitrogen and oxygen atoms in total. The van der Waals surface area contributed by atoms with Crippen molar-refractivity contribution in [1.82, 2.24) is 20.0 Å². The summed E-state index contributed by atoms with van der Waals surface area (Å²) in [6.45, 7) is 5.05. The van der Waals surface area contributed by atoms with E-state index in [0.717, 1.165) is 11.2 Å². The summed E-state index contributed by atoms with van der Waals surface area (Å²) in [4.78, 5) is 16.6. The molecule has 1 atom stereocenters. The maximum absolute atomic E-state index is 12.3. The second-order valence-electron chi connectivity index (χ2n) is 6.33. The number of carbonyl (C=O) groups is 1. The van der Waals surface area contributed by atoms with Crippen LogP contribution in [0.4, 0.5) is 0 Å². The van der Waals surface area contributed by atoms with E-state index in [-0.39, 0.29) is 11.9 Å². The number of rotatable bonds is 8. The Labute approximate surface area is 152 Å². The largest absolute Gasteiger partial charge is 0.384 e. The highest BCUT2D eigenvalue weighted by molar-refractivity contribution is 5.81. The lowest BCUT2D eigenvalue weighted by atomic mass is 10.2. The third-order valence-electron chi connectivity index (χ3n) is 4.34. The van der Waals surface area contributed by atoms with Gasteiger partial charge in [0.2, 0.25) is 11.8 Å². The predicted octanol–water partition coefficient (Wildman–Crippen LogP) is 2.79. The Bertz CT molecular complexity index is 884. The van der Waals surface area contributed by atoms with Crippen molar-refractivity contribution in [2.24, 2.45) is 0 Å². The lowest BCUT2D eigenvalue weighted by Crippen LogP contribution is -2.27. The molecule has 7 heteroatoms. The SMILES string of the molecule is COCCc1noc([C@@H](C)NC(=O)CCn2c(C)cc3ccccc32)n1. The van der Waals surface area contributed by atoms with Crippen molar-refractivity contribution >= 4 is 16.8 Å². The first kappa shape index (κ1) is 18.1. The Balaban J connectivity index is 1.56. The van der Waals surface area contributed by atoms with Crippen LogP contribution in [0.3, 0.4) is 0 Å². The van der Waals surface area contributed by atoms with Crippen LogP contribution in [0.2, 0.25) is 0 Å². The zero-order chi connectivity index (χ0) is 18.5. The molecule has 1 N–H and O–H groups in total.